The molecule has 2 aromatic rings. The van der Waals surface area contributed by atoms with Crippen molar-refractivity contribution in [2.45, 2.75) is 69.8 Å². The van der Waals surface area contributed by atoms with Crippen molar-refractivity contribution in [1.82, 2.24) is 0 Å². The van der Waals surface area contributed by atoms with Crippen molar-refractivity contribution in [3.05, 3.63) is 52.7 Å². The van der Waals surface area contributed by atoms with Crippen LogP contribution in [-0.2, 0) is 19.9 Å². The van der Waals surface area contributed by atoms with Gasteiger partial charge in [0.05, 0.1) is 26.2 Å². The van der Waals surface area contributed by atoms with Crippen molar-refractivity contribution in [3.8, 4) is 5.75 Å². The summed E-state index contributed by atoms with van der Waals surface area (Å²) in [5, 5.41) is 22.1. The van der Waals surface area contributed by atoms with E-state index < -0.39 is 23.7 Å². The number of alkyl halides is 3. The number of carboxylic acid groups (broad SMARTS) is 1. The summed E-state index contributed by atoms with van der Waals surface area (Å²) in [6, 6.07) is 13.7. The predicted molar refractivity (Wildman–Crippen MR) is 142 cm³/mol. The Balaban J connectivity index is 0.000000559. The van der Waals surface area contributed by atoms with Gasteiger partial charge < -0.3 is 29.0 Å². The Morgan fingerprint density at radius 1 is 1.07 bits per heavy atom. The Kier molecular flexibility index (Phi) is 11.4. The van der Waals surface area contributed by atoms with Crippen LogP contribution in [0.4, 0.5) is 13.2 Å². The molecule has 11 heteroatoms. The Labute approximate surface area is 237 Å². The van der Waals surface area contributed by atoms with E-state index >= 15 is 0 Å². The lowest BCUT2D eigenvalue weighted by molar-refractivity contribution is -0.946. The van der Waals surface area contributed by atoms with Crippen LogP contribution in [0.25, 0.3) is 0 Å². The molecule has 3 aliphatic rings. The summed E-state index contributed by atoms with van der Waals surface area (Å²) in [5.41, 5.74) is -1.52. The molecular formula is C29H38F3NO6S. The van der Waals surface area contributed by atoms with Gasteiger partial charge in [0.1, 0.15) is 18.3 Å². The molecule has 7 nitrogen and oxygen atoms in total. The second-order valence-corrected chi connectivity index (χ2v) is 11.5. The van der Waals surface area contributed by atoms with Gasteiger partial charge in [-0.25, -0.2) is 4.79 Å². The van der Waals surface area contributed by atoms with Crippen LogP contribution in [0.3, 0.4) is 0 Å². The van der Waals surface area contributed by atoms with Crippen LogP contribution in [0.1, 0.15) is 56.7 Å². The van der Waals surface area contributed by atoms with Gasteiger partial charge in [-0.2, -0.15) is 13.2 Å². The topological polar surface area (TPSA) is 95.9 Å². The molecule has 40 heavy (non-hydrogen) atoms. The quantitative estimate of drug-likeness (QED) is 0.225. The van der Waals surface area contributed by atoms with Crippen molar-refractivity contribution in [1.29, 1.82) is 0 Å². The number of para-hydroxylation sites is 1. The number of thiophene rings is 1. The van der Waals surface area contributed by atoms with E-state index in [1.807, 2.05) is 47.8 Å². The van der Waals surface area contributed by atoms with Crippen LogP contribution < -0.4 is 9.84 Å². The summed E-state index contributed by atoms with van der Waals surface area (Å²) < 4.78 is 44.6. The number of aliphatic hydroxyl groups is 1. The van der Waals surface area contributed by atoms with Gasteiger partial charge in [-0.15, -0.1) is 11.3 Å². The van der Waals surface area contributed by atoms with E-state index in [1.54, 1.807) is 0 Å². The third kappa shape index (κ3) is 8.68. The molecule has 3 fully saturated rings. The first-order chi connectivity index (χ1) is 19.0. The fourth-order valence-corrected chi connectivity index (χ4v) is 6.32. The highest BCUT2D eigenvalue weighted by atomic mass is 32.1. The Morgan fingerprint density at radius 2 is 1.75 bits per heavy atom. The van der Waals surface area contributed by atoms with Crippen molar-refractivity contribution < 1.29 is 46.9 Å². The normalized spacial score (nSPS) is 23.4. The van der Waals surface area contributed by atoms with E-state index in [1.165, 1.54) is 11.3 Å². The highest BCUT2D eigenvalue weighted by Gasteiger charge is 2.50. The van der Waals surface area contributed by atoms with Crippen molar-refractivity contribution in [2.24, 2.45) is 5.92 Å². The molecule has 5 rings (SSSR count). The molecular weight excluding hydrogens is 547 g/mol. The molecule has 0 radical (unpaired) electrons. The van der Waals surface area contributed by atoms with Crippen LogP contribution in [0.15, 0.2) is 47.8 Å². The zero-order chi connectivity index (χ0) is 29.2. The van der Waals surface area contributed by atoms with Gasteiger partial charge in [-0.3, -0.25) is 0 Å². The van der Waals surface area contributed by atoms with Gasteiger partial charge in [0.25, 0.3) is 0 Å². The number of rotatable bonds is 12. The molecule has 222 valence electrons. The van der Waals surface area contributed by atoms with E-state index in [0.29, 0.717) is 23.8 Å². The third-order valence-corrected chi connectivity index (χ3v) is 8.75. The molecule has 0 saturated carbocycles. The molecule has 3 saturated heterocycles. The van der Waals surface area contributed by atoms with E-state index in [2.05, 4.69) is 6.92 Å². The van der Waals surface area contributed by atoms with Gasteiger partial charge in [0.2, 0.25) is 0 Å². The van der Waals surface area contributed by atoms with Crippen molar-refractivity contribution in [2.75, 3.05) is 32.8 Å². The maximum atomic E-state index is 13.3. The van der Waals surface area contributed by atoms with Crippen LogP contribution >= 0.6 is 11.3 Å². The second kappa shape index (κ2) is 14.3. The average molecular weight is 586 g/mol. The number of carbonyl (C=O) groups excluding carboxylic acids is 2. The number of aliphatic carboxylic acids is 1. The number of quaternary nitrogens is 1. The molecule has 1 aromatic carbocycles. The molecule has 0 aliphatic carbocycles. The number of esters is 1. The maximum absolute atomic E-state index is 13.3. The van der Waals surface area contributed by atoms with Crippen molar-refractivity contribution in [3.63, 3.8) is 0 Å². The second-order valence-electron chi connectivity index (χ2n) is 10.6. The lowest BCUT2D eigenvalue weighted by Gasteiger charge is -2.52. The first kappa shape index (κ1) is 31.9. The van der Waals surface area contributed by atoms with Crippen LogP contribution in [0.5, 0.6) is 5.75 Å². The number of benzene rings is 1. The average Bonchev–Trinajstić information content (AvgIpc) is 3.48. The van der Waals surface area contributed by atoms with Gasteiger partial charge >= 0.3 is 12.1 Å². The molecule has 1 unspecified atom stereocenters. The monoisotopic (exact) mass is 585 g/mol. The summed E-state index contributed by atoms with van der Waals surface area (Å²) in [6.07, 6.45) is 1.15. The summed E-state index contributed by atoms with van der Waals surface area (Å²) >= 11 is 1.44. The minimum atomic E-state index is -5.19. The summed E-state index contributed by atoms with van der Waals surface area (Å²) in [4.78, 5) is 22.8. The summed E-state index contributed by atoms with van der Waals surface area (Å²) in [6.45, 7) is 7.03. The van der Waals surface area contributed by atoms with Crippen LogP contribution in [-0.4, -0.2) is 66.6 Å². The Morgan fingerprint density at radius 3 is 2.33 bits per heavy atom. The van der Waals surface area contributed by atoms with Gasteiger partial charge in [0, 0.05) is 30.1 Å². The fraction of sp³-hybridized carbons (Fsp3) is 0.586. The van der Waals surface area contributed by atoms with Gasteiger partial charge in [0.15, 0.2) is 11.7 Å². The number of ether oxygens (including phenoxy) is 2. The first-order valence-electron chi connectivity index (χ1n) is 13.8. The first-order valence-corrected chi connectivity index (χ1v) is 14.7. The maximum Gasteiger partial charge on any atom is 0.430 e. The molecule has 2 atom stereocenters. The Hall–Kier alpha value is -2.63. The number of unbranched alkanes of at least 4 members (excludes halogenated alkanes) is 2. The van der Waals surface area contributed by atoms with E-state index in [9.17, 15) is 23.1 Å². The third-order valence-electron chi connectivity index (χ3n) is 7.73. The zero-order valence-electron chi connectivity index (χ0n) is 22.7. The molecule has 1 aromatic heterocycles. The minimum Gasteiger partial charge on any atom is -0.542 e. The number of halogens is 3. The van der Waals surface area contributed by atoms with Crippen molar-refractivity contribution >= 4 is 23.3 Å². The highest BCUT2D eigenvalue weighted by Crippen LogP contribution is 2.38. The smallest absolute Gasteiger partial charge is 0.430 e. The molecule has 3 aliphatic heterocycles. The molecule has 4 heterocycles. The standard InChI is InChI=1S/C27H38NO4S.C2HF3O2/c1-2-3-7-15-27(30,25-12-8-20-33-25)26(29)32-24-21-28(17-13-22(24)14-18-28)16-9-19-31-23-10-5-4-6-11-23;3-2(4,5)1(6)7/h4-6,8,10-12,20,22,24,30H,2-3,7,9,13-19,21H2,1H3;(H,6,7)/q+1;/p-1/t22?,24-,27?,28?;/m0./s1. The van der Waals surface area contributed by atoms with Crippen LogP contribution in [0, 0.1) is 5.92 Å². The molecule has 0 spiro atoms. The summed E-state index contributed by atoms with van der Waals surface area (Å²) in [5.74, 6) is -2.13. The predicted octanol–water partition coefficient (Wildman–Crippen LogP) is 4.44. The minimum absolute atomic E-state index is 0.104. The van der Waals surface area contributed by atoms with E-state index in [-0.39, 0.29) is 6.10 Å². The fourth-order valence-electron chi connectivity index (χ4n) is 5.48. The Bertz CT molecular complexity index is 1060. The lowest BCUT2D eigenvalue weighted by Crippen LogP contribution is -2.65. The highest BCUT2D eigenvalue weighted by molar-refractivity contribution is 7.10. The number of nitrogens with zero attached hydrogens (tertiary/aromatic N) is 1. The number of hydrogen-bond acceptors (Lipinski definition) is 7. The SMILES string of the molecule is CCCCCC(O)(C(=O)O[C@H]1C[N+]2(CCCOc3ccccc3)CCC1CC2)c1cccs1.O=C([O-])C(F)(F)F. The largest absolute Gasteiger partial charge is 0.542 e. The number of carbonyl (C=O) groups is 2. The number of hydrogen-bond donors (Lipinski definition) is 1. The number of carboxylic acids is 1. The van der Waals surface area contributed by atoms with Crippen LogP contribution in [0.2, 0.25) is 0 Å². The summed E-state index contributed by atoms with van der Waals surface area (Å²) in [7, 11) is 0. The molecule has 0 amide bonds. The van der Waals surface area contributed by atoms with E-state index in [4.69, 9.17) is 19.4 Å². The van der Waals surface area contributed by atoms with E-state index in [0.717, 1.165) is 74.9 Å². The molecule has 2 bridgehead atoms. The number of piperidine rings is 3. The zero-order valence-corrected chi connectivity index (χ0v) is 23.6. The van der Waals surface area contributed by atoms with Gasteiger partial charge in [-0.1, -0.05) is 44.0 Å². The molecule has 1 N–H and O–H groups in total. The lowest BCUT2D eigenvalue weighted by atomic mass is 9.83. The van der Waals surface area contributed by atoms with Gasteiger partial charge in [-0.05, 0) is 36.4 Å². The number of fused-ring (bicyclic) bond motifs is 3.